The van der Waals surface area contributed by atoms with Crippen molar-refractivity contribution in [2.75, 3.05) is 11.9 Å². The quantitative estimate of drug-likeness (QED) is 0.539. The molecule has 0 atom stereocenters. The van der Waals surface area contributed by atoms with Gasteiger partial charge in [-0.1, -0.05) is 54.4 Å². The molecule has 0 radical (unpaired) electrons. The Balaban J connectivity index is 2.94. The van der Waals surface area contributed by atoms with Gasteiger partial charge in [0.05, 0.1) is 6.61 Å². The fraction of sp³-hybridized carbons (Fsp3) is 0.625. The average Bonchev–Trinajstić information content (AvgIpc) is 2.24. The zero-order valence-corrected chi connectivity index (χ0v) is 13.9. The minimum atomic E-state index is 0.127. The lowest BCUT2D eigenvalue weighted by atomic mass is 9.84. The van der Waals surface area contributed by atoms with Crippen LogP contribution in [0.5, 0.6) is 5.75 Å². The highest BCUT2D eigenvalue weighted by Crippen LogP contribution is 2.35. The summed E-state index contributed by atoms with van der Waals surface area (Å²) in [6, 6.07) is 4.46. The van der Waals surface area contributed by atoms with E-state index >= 15 is 0 Å². The summed E-state index contributed by atoms with van der Waals surface area (Å²) in [7, 11) is 0. The Labute approximate surface area is 120 Å². The van der Waals surface area contributed by atoms with Gasteiger partial charge in [-0.25, -0.2) is 0 Å². The van der Waals surface area contributed by atoms with Gasteiger partial charge < -0.3 is 4.74 Å². The predicted octanol–water partition coefficient (Wildman–Crippen LogP) is 5.15. The number of halogens is 1. The van der Waals surface area contributed by atoms with Gasteiger partial charge in [-0.05, 0) is 37.7 Å². The van der Waals surface area contributed by atoms with Crippen LogP contribution in [-0.2, 0) is 5.41 Å². The van der Waals surface area contributed by atoms with Crippen molar-refractivity contribution in [3.63, 3.8) is 0 Å². The van der Waals surface area contributed by atoms with E-state index in [1.54, 1.807) is 0 Å². The number of alkyl halides is 1. The molecule has 0 aliphatic rings. The van der Waals surface area contributed by atoms with Crippen LogP contribution in [-0.4, -0.2) is 11.9 Å². The second kappa shape index (κ2) is 6.60. The Kier molecular flexibility index (Phi) is 5.71. The Bertz CT molecular complexity index is 391. The van der Waals surface area contributed by atoms with Gasteiger partial charge in [0.2, 0.25) is 0 Å². The van der Waals surface area contributed by atoms with Gasteiger partial charge in [0.25, 0.3) is 0 Å². The number of aryl methyl sites for hydroxylation is 2. The summed E-state index contributed by atoms with van der Waals surface area (Å²) >= 11 is 3.45. The van der Waals surface area contributed by atoms with Crippen LogP contribution in [0.25, 0.3) is 0 Å². The number of hydrogen-bond donors (Lipinski definition) is 0. The van der Waals surface area contributed by atoms with E-state index < -0.39 is 0 Å². The molecule has 0 amide bonds. The Morgan fingerprint density at radius 3 is 2.33 bits per heavy atom. The number of unbranched alkanes of at least 4 members (excludes halogenated alkanes) is 1. The first kappa shape index (κ1) is 15.6. The summed E-state index contributed by atoms with van der Waals surface area (Å²) in [6.45, 7) is 11.8. The molecular formula is C16H25BrO. The smallest absolute Gasteiger partial charge is 0.125 e. The molecule has 1 rings (SSSR count). The molecule has 0 saturated carbocycles. The maximum absolute atomic E-state index is 6.03. The van der Waals surface area contributed by atoms with Crippen molar-refractivity contribution in [1.82, 2.24) is 0 Å². The third-order valence-electron chi connectivity index (χ3n) is 3.00. The van der Waals surface area contributed by atoms with Crippen molar-refractivity contribution >= 4 is 15.9 Å². The first-order valence-electron chi connectivity index (χ1n) is 6.66. The molecule has 0 bridgehead atoms. The lowest BCUT2D eigenvalue weighted by Gasteiger charge is -2.25. The molecule has 102 valence electrons. The zero-order chi connectivity index (χ0) is 13.8. The molecule has 0 heterocycles. The molecule has 1 aromatic carbocycles. The van der Waals surface area contributed by atoms with Crippen LogP contribution in [0.3, 0.4) is 0 Å². The average molecular weight is 313 g/mol. The lowest BCUT2D eigenvalue weighted by molar-refractivity contribution is 0.299. The highest BCUT2D eigenvalue weighted by atomic mass is 79.9. The maximum Gasteiger partial charge on any atom is 0.125 e. The van der Waals surface area contributed by atoms with Gasteiger partial charge >= 0.3 is 0 Å². The van der Waals surface area contributed by atoms with Crippen molar-refractivity contribution in [2.24, 2.45) is 0 Å². The van der Waals surface area contributed by atoms with Gasteiger partial charge in [-0.3, -0.25) is 0 Å². The molecule has 0 fully saturated rings. The number of ether oxygens (including phenoxy) is 1. The molecule has 0 N–H and O–H groups in total. The normalized spacial score (nSPS) is 11.7. The molecular weight excluding hydrogens is 288 g/mol. The number of rotatable bonds is 5. The second-order valence-electron chi connectivity index (χ2n) is 5.95. The van der Waals surface area contributed by atoms with Crippen molar-refractivity contribution in [2.45, 2.75) is 52.9 Å². The fourth-order valence-electron chi connectivity index (χ4n) is 2.07. The van der Waals surface area contributed by atoms with E-state index in [1.807, 2.05) is 0 Å². The van der Waals surface area contributed by atoms with Crippen molar-refractivity contribution in [3.05, 3.63) is 28.8 Å². The van der Waals surface area contributed by atoms with Crippen molar-refractivity contribution in [1.29, 1.82) is 0 Å². The van der Waals surface area contributed by atoms with Crippen LogP contribution in [0, 0.1) is 13.8 Å². The summed E-state index contributed by atoms with van der Waals surface area (Å²) in [5.41, 5.74) is 4.00. The monoisotopic (exact) mass is 312 g/mol. The summed E-state index contributed by atoms with van der Waals surface area (Å²) in [5.74, 6) is 1.09. The van der Waals surface area contributed by atoms with Crippen LogP contribution in [0.1, 0.15) is 50.3 Å². The van der Waals surface area contributed by atoms with Gasteiger partial charge in [0.1, 0.15) is 5.75 Å². The third kappa shape index (κ3) is 4.31. The fourth-order valence-corrected chi connectivity index (χ4v) is 2.47. The molecule has 0 unspecified atom stereocenters. The highest BCUT2D eigenvalue weighted by Gasteiger charge is 2.20. The lowest BCUT2D eigenvalue weighted by Crippen LogP contribution is -2.15. The Hall–Kier alpha value is -0.500. The third-order valence-corrected chi connectivity index (χ3v) is 3.56. The van der Waals surface area contributed by atoms with E-state index in [0.29, 0.717) is 0 Å². The molecule has 2 heteroatoms. The first-order chi connectivity index (χ1) is 8.36. The topological polar surface area (TPSA) is 9.23 Å². The van der Waals surface area contributed by atoms with Gasteiger partial charge in [0, 0.05) is 10.9 Å². The van der Waals surface area contributed by atoms with Crippen LogP contribution >= 0.6 is 15.9 Å². The minimum absolute atomic E-state index is 0.127. The van der Waals surface area contributed by atoms with Gasteiger partial charge in [0.15, 0.2) is 0 Å². The van der Waals surface area contributed by atoms with Gasteiger partial charge in [-0.2, -0.15) is 0 Å². The van der Waals surface area contributed by atoms with Crippen molar-refractivity contribution < 1.29 is 4.74 Å². The molecule has 1 nitrogen and oxygen atoms in total. The Morgan fingerprint density at radius 2 is 1.78 bits per heavy atom. The molecule has 1 aromatic rings. The second-order valence-corrected chi connectivity index (χ2v) is 6.75. The van der Waals surface area contributed by atoms with E-state index in [4.69, 9.17) is 4.74 Å². The van der Waals surface area contributed by atoms with Gasteiger partial charge in [-0.15, -0.1) is 0 Å². The SMILES string of the molecule is Cc1cc(C)c(OCCCCBr)c(C(C)(C)C)c1. The minimum Gasteiger partial charge on any atom is -0.493 e. The summed E-state index contributed by atoms with van der Waals surface area (Å²) in [6.07, 6.45) is 2.26. The zero-order valence-electron chi connectivity index (χ0n) is 12.3. The first-order valence-corrected chi connectivity index (χ1v) is 7.79. The Morgan fingerprint density at radius 1 is 1.11 bits per heavy atom. The summed E-state index contributed by atoms with van der Waals surface area (Å²) in [4.78, 5) is 0. The molecule has 0 aliphatic heterocycles. The highest BCUT2D eigenvalue weighted by molar-refractivity contribution is 9.09. The van der Waals surface area contributed by atoms with Crippen molar-refractivity contribution in [3.8, 4) is 5.75 Å². The van der Waals surface area contributed by atoms with E-state index in [1.165, 1.54) is 16.7 Å². The molecule has 0 spiro atoms. The molecule has 0 aromatic heterocycles. The van der Waals surface area contributed by atoms with E-state index in [-0.39, 0.29) is 5.41 Å². The van der Waals surface area contributed by atoms with Crippen LogP contribution < -0.4 is 4.74 Å². The number of benzene rings is 1. The molecule has 0 saturated heterocycles. The largest absolute Gasteiger partial charge is 0.493 e. The van der Waals surface area contributed by atoms with Crippen LogP contribution in [0.15, 0.2) is 12.1 Å². The summed E-state index contributed by atoms with van der Waals surface area (Å²) in [5, 5.41) is 1.05. The van der Waals surface area contributed by atoms with E-state index in [9.17, 15) is 0 Å². The van der Waals surface area contributed by atoms with Crippen LogP contribution in [0.2, 0.25) is 0 Å². The maximum atomic E-state index is 6.03. The molecule has 0 aliphatic carbocycles. The predicted molar refractivity (Wildman–Crippen MR) is 83.1 cm³/mol. The summed E-state index contributed by atoms with van der Waals surface area (Å²) < 4.78 is 6.03. The van der Waals surface area contributed by atoms with Crippen LogP contribution in [0.4, 0.5) is 0 Å². The molecule has 18 heavy (non-hydrogen) atoms. The van der Waals surface area contributed by atoms with E-state index in [2.05, 4.69) is 62.7 Å². The van der Waals surface area contributed by atoms with E-state index in [0.717, 1.165) is 30.5 Å². The number of hydrogen-bond acceptors (Lipinski definition) is 1. The standard InChI is InChI=1S/C16H25BrO/c1-12-10-13(2)15(18-9-7-6-8-17)14(11-12)16(3,4)5/h10-11H,6-9H2,1-5H3.